The van der Waals surface area contributed by atoms with Crippen LogP contribution in [-0.4, -0.2) is 40.7 Å². The molecule has 0 radical (unpaired) electrons. The van der Waals surface area contributed by atoms with Crippen molar-refractivity contribution in [2.75, 3.05) is 19.7 Å². The average molecular weight is 429 g/mol. The molecule has 4 rings (SSSR count). The van der Waals surface area contributed by atoms with E-state index in [0.29, 0.717) is 18.4 Å². The maximum absolute atomic E-state index is 11.7. The van der Waals surface area contributed by atoms with E-state index in [9.17, 15) is 9.90 Å². The van der Waals surface area contributed by atoms with Gasteiger partial charge in [-0.1, -0.05) is 32.9 Å². The van der Waals surface area contributed by atoms with Crippen molar-refractivity contribution >= 4 is 17.3 Å². The molecule has 30 heavy (non-hydrogen) atoms. The summed E-state index contributed by atoms with van der Waals surface area (Å²) in [6, 6.07) is 8.12. The van der Waals surface area contributed by atoms with Crippen molar-refractivity contribution in [2.24, 2.45) is 23.2 Å². The Morgan fingerprint density at radius 1 is 1.27 bits per heavy atom. The van der Waals surface area contributed by atoms with E-state index in [1.165, 1.54) is 17.7 Å². The third-order valence-corrected chi connectivity index (χ3v) is 7.34. The minimum atomic E-state index is -0.680. The summed E-state index contributed by atoms with van der Waals surface area (Å²) in [6.45, 7) is 9.71. The minimum absolute atomic E-state index is 0.100. The van der Waals surface area contributed by atoms with Gasteiger partial charge in [-0.15, -0.1) is 11.3 Å². The molecule has 1 N–H and O–H groups in total. The zero-order chi connectivity index (χ0) is 21.3. The van der Waals surface area contributed by atoms with Gasteiger partial charge in [0.15, 0.2) is 0 Å². The van der Waals surface area contributed by atoms with Crippen molar-refractivity contribution in [3.8, 4) is 16.3 Å². The highest BCUT2D eigenvalue weighted by molar-refractivity contribution is 7.15. The van der Waals surface area contributed by atoms with Crippen molar-refractivity contribution in [3.63, 3.8) is 0 Å². The van der Waals surface area contributed by atoms with Crippen LogP contribution in [0.5, 0.6) is 5.75 Å². The molecule has 0 spiro atoms. The largest absolute Gasteiger partial charge is 0.493 e. The van der Waals surface area contributed by atoms with Crippen molar-refractivity contribution in [1.82, 2.24) is 9.88 Å². The number of ether oxygens (including phenoxy) is 1. The highest BCUT2D eigenvalue weighted by Crippen LogP contribution is 2.38. The Morgan fingerprint density at radius 3 is 2.73 bits per heavy atom. The highest BCUT2D eigenvalue weighted by Gasteiger charge is 2.37. The lowest BCUT2D eigenvalue weighted by atomic mass is 9.73. The first-order valence-electron chi connectivity index (χ1n) is 10.9. The molecule has 2 fully saturated rings. The first kappa shape index (κ1) is 21.3. The number of nitrogens with zero attached hydrogens (tertiary/aromatic N) is 2. The quantitative estimate of drug-likeness (QED) is 0.659. The summed E-state index contributed by atoms with van der Waals surface area (Å²) in [7, 11) is 0. The lowest BCUT2D eigenvalue weighted by molar-refractivity contribution is -0.145. The predicted molar refractivity (Wildman–Crippen MR) is 120 cm³/mol. The highest BCUT2D eigenvalue weighted by atomic mass is 32.1. The molecule has 1 aliphatic heterocycles. The average Bonchev–Trinajstić information content (AvgIpc) is 3.43. The molecule has 0 amide bonds. The van der Waals surface area contributed by atoms with Gasteiger partial charge in [0.2, 0.25) is 0 Å². The van der Waals surface area contributed by atoms with Gasteiger partial charge in [-0.2, -0.15) is 0 Å². The van der Waals surface area contributed by atoms with Gasteiger partial charge in [-0.3, -0.25) is 9.69 Å². The van der Waals surface area contributed by atoms with Crippen LogP contribution in [0.2, 0.25) is 0 Å². The molecule has 1 saturated heterocycles. The Labute approximate surface area is 183 Å². The topological polar surface area (TPSA) is 62.7 Å². The molecule has 6 heteroatoms. The summed E-state index contributed by atoms with van der Waals surface area (Å²) in [5, 5.41) is 10.6. The van der Waals surface area contributed by atoms with Gasteiger partial charge in [0.05, 0.1) is 18.1 Å². The Kier molecular flexibility index (Phi) is 6.16. The van der Waals surface area contributed by atoms with E-state index in [-0.39, 0.29) is 11.3 Å². The van der Waals surface area contributed by atoms with Crippen LogP contribution in [0.1, 0.15) is 44.9 Å². The predicted octanol–water partition coefficient (Wildman–Crippen LogP) is 5.17. The number of piperidine rings is 1. The third kappa shape index (κ3) is 5.22. The summed E-state index contributed by atoms with van der Waals surface area (Å²) in [4.78, 5) is 19.9. The zero-order valence-corrected chi connectivity index (χ0v) is 19.0. The van der Waals surface area contributed by atoms with E-state index in [2.05, 4.69) is 36.7 Å². The summed E-state index contributed by atoms with van der Waals surface area (Å²) in [5.41, 5.74) is 1.15. The summed E-state index contributed by atoms with van der Waals surface area (Å²) < 4.78 is 6.06. The monoisotopic (exact) mass is 428 g/mol. The maximum atomic E-state index is 11.7. The van der Waals surface area contributed by atoms with Crippen molar-refractivity contribution in [1.29, 1.82) is 0 Å². The molecule has 162 valence electrons. The number of carboxylic acids is 1. The molecule has 1 aromatic carbocycles. The number of carboxylic acid groups (broad SMARTS) is 1. The van der Waals surface area contributed by atoms with Gasteiger partial charge >= 0.3 is 5.97 Å². The van der Waals surface area contributed by atoms with Crippen LogP contribution in [0.25, 0.3) is 10.6 Å². The molecule has 2 heterocycles. The van der Waals surface area contributed by atoms with Crippen molar-refractivity contribution in [3.05, 3.63) is 35.3 Å². The third-order valence-electron chi connectivity index (χ3n) is 6.32. The standard InChI is InChI=1S/C24H32N2O3S/c1-24(2,3)18-10-17(23(27)28)12-26(13-18)14-19-11-25-22(30-19)20-6-4-5-7-21(20)29-15-16-8-9-16/h4-7,11,16-18H,8-10,12-15H2,1-3H3,(H,27,28)/t17-,18-/m1/s1. The van der Waals surface area contributed by atoms with Crippen LogP contribution in [0, 0.1) is 23.2 Å². The maximum Gasteiger partial charge on any atom is 0.307 e. The second kappa shape index (κ2) is 8.67. The number of aromatic nitrogens is 1. The van der Waals surface area contributed by atoms with Crippen molar-refractivity contribution < 1.29 is 14.6 Å². The fourth-order valence-electron chi connectivity index (χ4n) is 4.11. The fraction of sp³-hybridized carbons (Fsp3) is 0.583. The summed E-state index contributed by atoms with van der Waals surface area (Å²) in [5.74, 6) is 1.01. The minimum Gasteiger partial charge on any atom is -0.493 e. The number of thiazole rings is 1. The van der Waals surface area contributed by atoms with Gasteiger partial charge in [0, 0.05) is 30.7 Å². The molecule has 5 nitrogen and oxygen atoms in total. The fourth-order valence-corrected chi connectivity index (χ4v) is 5.10. The van der Waals surface area contributed by atoms with Crippen LogP contribution in [0.3, 0.4) is 0 Å². The number of likely N-dealkylation sites (tertiary alicyclic amines) is 1. The number of carbonyl (C=O) groups is 1. The number of aliphatic carboxylic acids is 1. The normalized spacial score (nSPS) is 22.8. The number of hydrogen-bond donors (Lipinski definition) is 1. The van der Waals surface area contributed by atoms with Crippen molar-refractivity contribution in [2.45, 2.75) is 46.6 Å². The summed E-state index contributed by atoms with van der Waals surface area (Å²) in [6.07, 6.45) is 5.24. The molecule has 2 aliphatic rings. The van der Waals surface area contributed by atoms with E-state index in [1.807, 2.05) is 24.4 Å². The molecule has 1 aromatic heterocycles. The number of hydrogen-bond acceptors (Lipinski definition) is 5. The molecule has 1 saturated carbocycles. The smallest absolute Gasteiger partial charge is 0.307 e. The zero-order valence-electron chi connectivity index (χ0n) is 18.1. The van der Waals surface area contributed by atoms with E-state index in [0.717, 1.165) is 42.4 Å². The number of para-hydroxylation sites is 1. The van der Waals surface area contributed by atoms with Gasteiger partial charge < -0.3 is 9.84 Å². The Hall–Kier alpha value is -1.92. The van der Waals surface area contributed by atoms with Crippen LogP contribution in [0.15, 0.2) is 30.5 Å². The Morgan fingerprint density at radius 2 is 2.03 bits per heavy atom. The summed E-state index contributed by atoms with van der Waals surface area (Å²) >= 11 is 1.68. The molecular formula is C24H32N2O3S. The lowest BCUT2D eigenvalue weighted by Crippen LogP contribution is -2.46. The molecule has 2 aromatic rings. The van der Waals surface area contributed by atoms with Crippen LogP contribution in [-0.2, 0) is 11.3 Å². The second-order valence-corrected chi connectivity index (χ2v) is 11.0. The van der Waals surface area contributed by atoms with E-state index < -0.39 is 5.97 Å². The van der Waals surface area contributed by atoms with Gasteiger partial charge in [0.25, 0.3) is 0 Å². The first-order valence-corrected chi connectivity index (χ1v) is 11.7. The molecule has 2 atom stereocenters. The van der Waals surface area contributed by atoms with E-state index >= 15 is 0 Å². The first-order chi connectivity index (χ1) is 14.3. The molecular weight excluding hydrogens is 396 g/mol. The van der Waals surface area contributed by atoms with Crippen LogP contribution >= 0.6 is 11.3 Å². The van der Waals surface area contributed by atoms with E-state index in [4.69, 9.17) is 4.74 Å². The number of rotatable bonds is 7. The number of benzene rings is 1. The molecule has 0 bridgehead atoms. The second-order valence-electron chi connectivity index (χ2n) is 9.91. The van der Waals surface area contributed by atoms with Crippen LogP contribution in [0.4, 0.5) is 0 Å². The molecule has 0 unspecified atom stereocenters. The van der Waals surface area contributed by atoms with Gasteiger partial charge in [-0.05, 0) is 48.6 Å². The Balaban J connectivity index is 1.47. The van der Waals surface area contributed by atoms with Crippen LogP contribution < -0.4 is 4.74 Å². The van der Waals surface area contributed by atoms with Gasteiger partial charge in [-0.25, -0.2) is 4.98 Å². The lowest BCUT2D eigenvalue weighted by Gasteiger charge is -2.42. The molecule has 1 aliphatic carbocycles. The SMILES string of the molecule is CC(C)(C)[C@@H]1C[C@@H](C(=O)O)CN(Cc2cnc(-c3ccccc3OCC3CC3)s2)C1. The van der Waals surface area contributed by atoms with Gasteiger partial charge in [0.1, 0.15) is 10.8 Å². The van der Waals surface area contributed by atoms with E-state index in [1.54, 1.807) is 11.3 Å². The Bertz CT molecular complexity index is 885.